The molecule has 0 aliphatic heterocycles. The lowest BCUT2D eigenvalue weighted by Gasteiger charge is -2.35. The molecule has 3 aromatic rings. The summed E-state index contributed by atoms with van der Waals surface area (Å²) in [4.78, 5) is 12.6. The van der Waals surface area contributed by atoms with E-state index in [2.05, 4.69) is 48.4 Å². The second-order valence-corrected chi connectivity index (χ2v) is 8.63. The van der Waals surface area contributed by atoms with Crippen molar-refractivity contribution in [3.8, 4) is 5.69 Å². The van der Waals surface area contributed by atoms with Gasteiger partial charge in [-0.15, -0.1) is 0 Å². The first-order valence-corrected chi connectivity index (χ1v) is 9.92. The molecule has 150 valence electrons. The molecular formula is C23H27N5O. The Kier molecular flexibility index (Phi) is 4.86. The van der Waals surface area contributed by atoms with Crippen molar-refractivity contribution >= 4 is 12.0 Å². The number of carbonyl (C=O) groups is 1. The zero-order chi connectivity index (χ0) is 20.6. The van der Waals surface area contributed by atoms with Gasteiger partial charge in [-0.1, -0.05) is 32.0 Å². The minimum absolute atomic E-state index is 0.0578. The number of hydrogen-bond acceptors (Lipinski definition) is 3. The van der Waals surface area contributed by atoms with Gasteiger partial charge in [0.1, 0.15) is 0 Å². The number of nitrogens with zero attached hydrogens (tertiary/aromatic N) is 4. The number of amides is 1. The summed E-state index contributed by atoms with van der Waals surface area (Å²) in [5, 5.41) is 12.0. The van der Waals surface area contributed by atoms with Gasteiger partial charge in [0.2, 0.25) is 5.91 Å². The molecule has 0 radical (unpaired) electrons. The topological polar surface area (TPSA) is 64.7 Å². The van der Waals surface area contributed by atoms with Crippen molar-refractivity contribution < 1.29 is 4.79 Å². The second kappa shape index (κ2) is 7.35. The summed E-state index contributed by atoms with van der Waals surface area (Å²) in [6, 6.07) is 8.20. The molecule has 6 heteroatoms. The molecule has 1 aliphatic carbocycles. The van der Waals surface area contributed by atoms with Crippen molar-refractivity contribution in [2.24, 2.45) is 12.5 Å². The summed E-state index contributed by atoms with van der Waals surface area (Å²) in [6.07, 6.45) is 10.7. The van der Waals surface area contributed by atoms with Crippen LogP contribution in [0.4, 0.5) is 0 Å². The Morgan fingerprint density at radius 1 is 1.24 bits per heavy atom. The third-order valence-electron chi connectivity index (χ3n) is 5.49. The highest BCUT2D eigenvalue weighted by Gasteiger charge is 2.35. The van der Waals surface area contributed by atoms with E-state index in [4.69, 9.17) is 0 Å². The second-order valence-electron chi connectivity index (χ2n) is 8.63. The van der Waals surface area contributed by atoms with Crippen molar-refractivity contribution in [1.29, 1.82) is 0 Å². The lowest BCUT2D eigenvalue weighted by Crippen LogP contribution is -2.36. The predicted octanol–water partition coefficient (Wildman–Crippen LogP) is 3.76. The molecule has 0 spiro atoms. The highest BCUT2D eigenvalue weighted by atomic mass is 16.1. The third-order valence-corrected chi connectivity index (χ3v) is 5.49. The van der Waals surface area contributed by atoms with E-state index in [1.54, 1.807) is 23.0 Å². The number of fused-ring (bicyclic) bond motifs is 1. The fourth-order valence-electron chi connectivity index (χ4n) is 4.10. The van der Waals surface area contributed by atoms with Gasteiger partial charge in [-0.25, -0.2) is 4.68 Å². The zero-order valence-corrected chi connectivity index (χ0v) is 17.4. The smallest absolute Gasteiger partial charge is 0.244 e. The van der Waals surface area contributed by atoms with E-state index >= 15 is 0 Å². The van der Waals surface area contributed by atoms with Crippen LogP contribution < -0.4 is 5.32 Å². The third kappa shape index (κ3) is 4.01. The van der Waals surface area contributed by atoms with Gasteiger partial charge in [-0.2, -0.15) is 10.2 Å². The average molecular weight is 390 g/mol. The lowest BCUT2D eigenvalue weighted by atomic mass is 9.74. The van der Waals surface area contributed by atoms with E-state index < -0.39 is 0 Å². The summed E-state index contributed by atoms with van der Waals surface area (Å²) in [6.45, 7) is 6.59. The van der Waals surface area contributed by atoms with Gasteiger partial charge >= 0.3 is 0 Å². The molecule has 0 bridgehead atoms. The van der Waals surface area contributed by atoms with Crippen LogP contribution >= 0.6 is 0 Å². The molecule has 0 unspecified atom stereocenters. The summed E-state index contributed by atoms with van der Waals surface area (Å²) in [5.41, 5.74) is 5.53. The standard InChI is InChI=1S/C23H27N5O/c1-16-7-5-6-8-20(16)28-21-12-23(2,3)11-19(18(21)14-25-28)26-22(29)10-9-17-13-24-27(4)15-17/h5-10,13-15,19H,11-12H2,1-4H3,(H,26,29)/b10-9+/t19-/m1/s1. The van der Waals surface area contributed by atoms with Gasteiger partial charge in [0.05, 0.1) is 29.8 Å². The van der Waals surface area contributed by atoms with E-state index in [0.717, 1.165) is 29.7 Å². The van der Waals surface area contributed by atoms with Crippen molar-refractivity contribution in [1.82, 2.24) is 24.9 Å². The fourth-order valence-corrected chi connectivity index (χ4v) is 4.10. The minimum Gasteiger partial charge on any atom is -0.346 e. The van der Waals surface area contributed by atoms with Gasteiger partial charge in [0, 0.05) is 30.4 Å². The van der Waals surface area contributed by atoms with E-state index in [1.807, 2.05) is 36.3 Å². The average Bonchev–Trinajstić information content (AvgIpc) is 3.26. The maximum atomic E-state index is 12.6. The molecule has 1 amide bonds. The van der Waals surface area contributed by atoms with Crippen molar-refractivity contribution in [2.75, 3.05) is 0 Å². The Balaban J connectivity index is 1.60. The Hall–Kier alpha value is -3.15. The van der Waals surface area contributed by atoms with Gasteiger partial charge in [-0.3, -0.25) is 9.48 Å². The number of carbonyl (C=O) groups excluding carboxylic acids is 1. The number of aromatic nitrogens is 4. The molecule has 0 saturated carbocycles. The molecule has 2 heterocycles. The van der Waals surface area contributed by atoms with Gasteiger partial charge in [0.15, 0.2) is 0 Å². The SMILES string of the molecule is Cc1ccccc1-n1ncc2c1CC(C)(C)C[C@H]2NC(=O)/C=C/c1cnn(C)c1. The number of hydrogen-bond donors (Lipinski definition) is 1. The van der Waals surface area contributed by atoms with Crippen LogP contribution in [0.5, 0.6) is 0 Å². The van der Waals surface area contributed by atoms with Crippen molar-refractivity contribution in [3.05, 3.63) is 71.3 Å². The van der Waals surface area contributed by atoms with Crippen LogP contribution in [0.3, 0.4) is 0 Å². The van der Waals surface area contributed by atoms with Crippen LogP contribution in [0, 0.1) is 12.3 Å². The van der Waals surface area contributed by atoms with Crippen LogP contribution in [0.1, 0.15) is 48.7 Å². The number of nitrogens with one attached hydrogen (secondary N) is 1. The Labute approximate surface area is 171 Å². The molecule has 1 aliphatic rings. The van der Waals surface area contributed by atoms with Gasteiger partial charge in [0.25, 0.3) is 0 Å². The van der Waals surface area contributed by atoms with Crippen LogP contribution in [0.2, 0.25) is 0 Å². The van der Waals surface area contributed by atoms with Crippen LogP contribution in [-0.2, 0) is 18.3 Å². The summed E-state index contributed by atoms with van der Waals surface area (Å²) < 4.78 is 3.75. The molecule has 29 heavy (non-hydrogen) atoms. The largest absolute Gasteiger partial charge is 0.346 e. The van der Waals surface area contributed by atoms with Crippen LogP contribution in [0.15, 0.2) is 48.9 Å². The molecule has 0 saturated heterocycles. The Morgan fingerprint density at radius 2 is 2.03 bits per heavy atom. The monoisotopic (exact) mass is 389 g/mol. The molecule has 1 N–H and O–H groups in total. The van der Waals surface area contributed by atoms with Gasteiger partial charge < -0.3 is 5.32 Å². The van der Waals surface area contributed by atoms with Crippen LogP contribution in [-0.4, -0.2) is 25.5 Å². The first-order chi connectivity index (χ1) is 13.8. The van der Waals surface area contributed by atoms with E-state index in [9.17, 15) is 4.79 Å². The molecule has 1 atom stereocenters. The van der Waals surface area contributed by atoms with E-state index in [0.29, 0.717) is 0 Å². The number of benzene rings is 1. The van der Waals surface area contributed by atoms with Crippen molar-refractivity contribution in [3.63, 3.8) is 0 Å². The number of aryl methyl sites for hydroxylation is 2. The first kappa shape index (κ1) is 19.2. The predicted molar refractivity (Wildman–Crippen MR) is 114 cm³/mol. The van der Waals surface area contributed by atoms with E-state index in [-0.39, 0.29) is 17.4 Å². The normalized spacial score (nSPS) is 18.0. The Bertz CT molecular complexity index is 1070. The minimum atomic E-state index is -0.105. The molecular weight excluding hydrogens is 362 g/mol. The molecule has 4 rings (SSSR count). The molecule has 2 aromatic heterocycles. The quantitative estimate of drug-likeness (QED) is 0.691. The van der Waals surface area contributed by atoms with Crippen molar-refractivity contribution in [2.45, 2.75) is 39.7 Å². The highest BCUT2D eigenvalue weighted by Crippen LogP contribution is 2.41. The fraction of sp³-hybridized carbons (Fsp3) is 0.348. The summed E-state index contributed by atoms with van der Waals surface area (Å²) >= 11 is 0. The first-order valence-electron chi connectivity index (χ1n) is 9.92. The van der Waals surface area contributed by atoms with Crippen LogP contribution in [0.25, 0.3) is 11.8 Å². The molecule has 1 aromatic carbocycles. The number of rotatable bonds is 4. The number of para-hydroxylation sites is 1. The highest BCUT2D eigenvalue weighted by molar-refractivity contribution is 5.92. The Morgan fingerprint density at radius 3 is 2.76 bits per heavy atom. The van der Waals surface area contributed by atoms with Gasteiger partial charge in [-0.05, 0) is 42.9 Å². The zero-order valence-electron chi connectivity index (χ0n) is 17.4. The maximum Gasteiger partial charge on any atom is 0.244 e. The van der Waals surface area contributed by atoms with E-state index in [1.165, 1.54) is 11.3 Å². The summed E-state index contributed by atoms with van der Waals surface area (Å²) in [5.74, 6) is -0.105. The summed E-state index contributed by atoms with van der Waals surface area (Å²) in [7, 11) is 1.86. The molecule has 6 nitrogen and oxygen atoms in total. The maximum absolute atomic E-state index is 12.6. The molecule has 0 fully saturated rings. The lowest BCUT2D eigenvalue weighted by molar-refractivity contribution is -0.117.